The van der Waals surface area contributed by atoms with E-state index < -0.39 is 18.0 Å². The number of carbonyl (C=O) groups is 1. The molecule has 0 aliphatic heterocycles. The van der Waals surface area contributed by atoms with Gasteiger partial charge >= 0.3 is 5.97 Å². The molecule has 0 radical (unpaired) electrons. The molecule has 0 saturated carbocycles. The Kier molecular flexibility index (Phi) is 8.04. The minimum absolute atomic E-state index is 0.341. The van der Waals surface area contributed by atoms with Gasteiger partial charge in [-0.25, -0.2) is 9.18 Å². The number of nitrogens with zero attached hydrogens (tertiary/aromatic N) is 1. The lowest BCUT2D eigenvalue weighted by atomic mass is 10.00. The molecule has 3 N–H and O–H groups in total. The standard InChI is InChI=1S/C26H25ClFN3O3/c1-30-24-8-6-17(12-19(24)15-29)18-5-7-22(23(27)13-18)26(33)31(2)21-11-16(10-20(28)14-21)4-9-25(32)34-3/h4-15,26,29-30,33H,1-3H3/b9-4+,29-15?. The summed E-state index contributed by atoms with van der Waals surface area (Å²) in [6, 6.07) is 15.2. The van der Waals surface area contributed by atoms with Crippen LogP contribution in [0.4, 0.5) is 15.8 Å². The lowest BCUT2D eigenvalue weighted by Gasteiger charge is -2.27. The molecule has 0 aliphatic carbocycles. The Balaban J connectivity index is 1.88. The van der Waals surface area contributed by atoms with Crippen molar-refractivity contribution in [2.45, 2.75) is 6.23 Å². The van der Waals surface area contributed by atoms with Gasteiger partial charge in [0.2, 0.25) is 0 Å². The zero-order valence-electron chi connectivity index (χ0n) is 19.0. The van der Waals surface area contributed by atoms with Crippen LogP contribution in [0.5, 0.6) is 0 Å². The van der Waals surface area contributed by atoms with Gasteiger partial charge in [-0.2, -0.15) is 0 Å². The summed E-state index contributed by atoms with van der Waals surface area (Å²) < 4.78 is 18.7. The summed E-state index contributed by atoms with van der Waals surface area (Å²) in [4.78, 5) is 12.8. The maximum atomic E-state index is 14.2. The van der Waals surface area contributed by atoms with E-state index in [9.17, 15) is 14.3 Å². The SMILES string of the molecule is CNc1ccc(-c2ccc(C(O)N(C)c3cc(F)cc(/C=C/C(=O)OC)c3)c(Cl)c2)cc1C=N. The third-order valence-electron chi connectivity index (χ3n) is 5.38. The van der Waals surface area contributed by atoms with E-state index in [4.69, 9.17) is 17.0 Å². The van der Waals surface area contributed by atoms with Crippen molar-refractivity contribution < 1.29 is 19.0 Å². The summed E-state index contributed by atoms with van der Waals surface area (Å²) in [5, 5.41) is 22.0. The predicted molar refractivity (Wildman–Crippen MR) is 135 cm³/mol. The predicted octanol–water partition coefficient (Wildman–Crippen LogP) is 5.50. The molecular weight excluding hydrogens is 457 g/mol. The number of carbonyl (C=O) groups excluding carboxylic acids is 1. The highest BCUT2D eigenvalue weighted by Gasteiger charge is 2.19. The summed E-state index contributed by atoms with van der Waals surface area (Å²) in [6.45, 7) is 0. The first-order valence-corrected chi connectivity index (χ1v) is 10.7. The van der Waals surface area contributed by atoms with Crippen LogP contribution in [0.25, 0.3) is 17.2 Å². The van der Waals surface area contributed by atoms with Gasteiger partial charge in [-0.3, -0.25) is 0 Å². The minimum Gasteiger partial charge on any atom is -0.466 e. The smallest absolute Gasteiger partial charge is 0.330 e. The first kappa shape index (κ1) is 25.0. The second-order valence-electron chi connectivity index (χ2n) is 7.52. The Labute approximate surface area is 202 Å². The van der Waals surface area contributed by atoms with Crippen molar-refractivity contribution in [2.75, 3.05) is 31.4 Å². The van der Waals surface area contributed by atoms with Gasteiger partial charge in [0.15, 0.2) is 6.23 Å². The molecule has 0 heterocycles. The summed E-state index contributed by atoms with van der Waals surface area (Å²) in [5.74, 6) is -1.08. The maximum absolute atomic E-state index is 14.2. The molecule has 3 aromatic rings. The molecule has 176 valence electrons. The van der Waals surface area contributed by atoms with Crippen LogP contribution >= 0.6 is 11.6 Å². The summed E-state index contributed by atoms with van der Waals surface area (Å²) in [7, 11) is 4.67. The maximum Gasteiger partial charge on any atom is 0.330 e. The molecule has 1 unspecified atom stereocenters. The summed E-state index contributed by atoms with van der Waals surface area (Å²) in [6.07, 6.45) is 2.75. The van der Waals surface area contributed by atoms with Gasteiger partial charge in [0.25, 0.3) is 0 Å². The number of anilines is 2. The Hall–Kier alpha value is -3.68. The van der Waals surface area contributed by atoms with Crippen molar-refractivity contribution in [1.82, 2.24) is 0 Å². The highest BCUT2D eigenvalue weighted by atomic mass is 35.5. The number of hydrogen-bond acceptors (Lipinski definition) is 6. The lowest BCUT2D eigenvalue weighted by molar-refractivity contribution is -0.134. The fourth-order valence-electron chi connectivity index (χ4n) is 3.48. The second-order valence-corrected chi connectivity index (χ2v) is 7.92. The average molecular weight is 482 g/mol. The quantitative estimate of drug-likeness (QED) is 0.171. The van der Waals surface area contributed by atoms with Gasteiger partial charge in [-0.05, 0) is 59.2 Å². The van der Waals surface area contributed by atoms with Crippen LogP contribution in [0.15, 0.2) is 60.7 Å². The molecule has 3 aromatic carbocycles. The molecule has 0 bridgehead atoms. The first-order valence-electron chi connectivity index (χ1n) is 10.4. The Morgan fingerprint density at radius 2 is 1.88 bits per heavy atom. The van der Waals surface area contributed by atoms with Gasteiger partial charge in [0.05, 0.1) is 7.11 Å². The summed E-state index contributed by atoms with van der Waals surface area (Å²) in [5.41, 5.74) is 4.57. The second kappa shape index (κ2) is 11.0. The third kappa shape index (κ3) is 5.62. The molecule has 8 heteroatoms. The average Bonchev–Trinajstić information content (AvgIpc) is 2.85. The fourth-order valence-corrected chi connectivity index (χ4v) is 3.76. The van der Waals surface area contributed by atoms with E-state index in [1.165, 1.54) is 42.5 Å². The number of benzene rings is 3. The van der Waals surface area contributed by atoms with Gasteiger partial charge < -0.3 is 25.5 Å². The third-order valence-corrected chi connectivity index (χ3v) is 5.71. The number of aliphatic hydroxyl groups excluding tert-OH is 1. The Bertz CT molecular complexity index is 1250. The fraction of sp³-hybridized carbons (Fsp3) is 0.154. The van der Waals surface area contributed by atoms with Crippen LogP contribution in [0.3, 0.4) is 0 Å². The minimum atomic E-state index is -1.15. The Morgan fingerprint density at radius 3 is 2.53 bits per heavy atom. The van der Waals surface area contributed by atoms with Gasteiger partial charge in [-0.1, -0.05) is 29.8 Å². The molecule has 0 saturated heterocycles. The number of hydrogen-bond donors (Lipinski definition) is 3. The van der Waals surface area contributed by atoms with E-state index in [1.54, 1.807) is 32.3 Å². The van der Waals surface area contributed by atoms with Crippen molar-refractivity contribution in [1.29, 1.82) is 5.41 Å². The van der Waals surface area contributed by atoms with Crippen molar-refractivity contribution in [3.05, 3.63) is 88.2 Å². The lowest BCUT2D eigenvalue weighted by Crippen LogP contribution is -2.24. The first-order chi connectivity index (χ1) is 16.3. The molecule has 0 amide bonds. The van der Waals surface area contributed by atoms with Gasteiger partial charge in [-0.15, -0.1) is 0 Å². The number of aliphatic hydroxyl groups is 1. The topological polar surface area (TPSA) is 85.7 Å². The number of nitrogens with one attached hydrogen (secondary N) is 2. The van der Waals surface area contributed by atoms with Crippen LogP contribution in [-0.4, -0.2) is 38.5 Å². The van der Waals surface area contributed by atoms with E-state index in [-0.39, 0.29) is 0 Å². The normalized spacial score (nSPS) is 11.8. The highest BCUT2D eigenvalue weighted by molar-refractivity contribution is 6.31. The van der Waals surface area contributed by atoms with E-state index in [1.807, 2.05) is 24.3 Å². The van der Waals surface area contributed by atoms with E-state index in [0.717, 1.165) is 22.4 Å². The Morgan fingerprint density at radius 1 is 1.18 bits per heavy atom. The monoisotopic (exact) mass is 481 g/mol. The largest absolute Gasteiger partial charge is 0.466 e. The van der Waals surface area contributed by atoms with Crippen LogP contribution in [0.1, 0.15) is 22.9 Å². The number of halogens is 2. The number of methoxy groups -OCH3 is 1. The molecule has 0 fully saturated rings. The number of rotatable bonds is 8. The number of ether oxygens (including phenoxy) is 1. The number of esters is 1. The van der Waals surface area contributed by atoms with Gasteiger partial charge in [0, 0.05) is 53.9 Å². The molecular formula is C26H25ClFN3O3. The van der Waals surface area contributed by atoms with Crippen LogP contribution in [0, 0.1) is 11.2 Å². The van der Waals surface area contributed by atoms with E-state index in [0.29, 0.717) is 21.8 Å². The van der Waals surface area contributed by atoms with Crippen LogP contribution < -0.4 is 10.2 Å². The van der Waals surface area contributed by atoms with E-state index in [2.05, 4.69) is 10.1 Å². The molecule has 3 rings (SSSR count). The molecule has 0 spiro atoms. The zero-order valence-corrected chi connectivity index (χ0v) is 19.7. The van der Waals surface area contributed by atoms with E-state index >= 15 is 0 Å². The highest BCUT2D eigenvalue weighted by Crippen LogP contribution is 2.33. The van der Waals surface area contributed by atoms with Crippen molar-refractivity contribution in [3.8, 4) is 11.1 Å². The van der Waals surface area contributed by atoms with Crippen molar-refractivity contribution in [2.24, 2.45) is 0 Å². The molecule has 0 aromatic heterocycles. The molecule has 1 atom stereocenters. The molecule has 6 nitrogen and oxygen atoms in total. The van der Waals surface area contributed by atoms with Crippen molar-refractivity contribution in [3.63, 3.8) is 0 Å². The van der Waals surface area contributed by atoms with Crippen LogP contribution in [0.2, 0.25) is 5.02 Å². The van der Waals surface area contributed by atoms with Gasteiger partial charge in [0.1, 0.15) is 5.82 Å². The zero-order chi connectivity index (χ0) is 24.8. The summed E-state index contributed by atoms with van der Waals surface area (Å²) >= 11 is 6.52. The molecule has 34 heavy (non-hydrogen) atoms. The van der Waals surface area contributed by atoms with Crippen molar-refractivity contribution >= 4 is 41.2 Å². The van der Waals surface area contributed by atoms with Crippen LogP contribution in [-0.2, 0) is 9.53 Å². The molecule has 0 aliphatic rings.